The van der Waals surface area contributed by atoms with Gasteiger partial charge in [0.05, 0.1) is 12.1 Å². The van der Waals surface area contributed by atoms with Crippen molar-refractivity contribution in [2.75, 3.05) is 46.8 Å². The Bertz CT molecular complexity index is 746. The van der Waals surface area contributed by atoms with Crippen molar-refractivity contribution in [3.63, 3.8) is 0 Å². The van der Waals surface area contributed by atoms with Gasteiger partial charge in [-0.1, -0.05) is 6.07 Å². The van der Waals surface area contributed by atoms with Crippen LogP contribution in [-0.2, 0) is 12.7 Å². The molecule has 1 saturated heterocycles. The van der Waals surface area contributed by atoms with Gasteiger partial charge in [0.15, 0.2) is 5.96 Å². The summed E-state index contributed by atoms with van der Waals surface area (Å²) in [5, 5.41) is 6.40. The summed E-state index contributed by atoms with van der Waals surface area (Å²) in [7, 11) is 4.17. The maximum atomic E-state index is 13.7. The number of benzene rings is 1. The molecular formula is C22H36F3N5O. The summed E-state index contributed by atoms with van der Waals surface area (Å²) in [4.78, 5) is 8.97. The normalized spacial score (nSPS) is 19.4. The third-order valence-electron chi connectivity index (χ3n) is 5.05. The predicted molar refractivity (Wildman–Crippen MR) is 119 cm³/mol. The minimum Gasteiger partial charge on any atom is -0.488 e. The summed E-state index contributed by atoms with van der Waals surface area (Å²) in [5.41, 5.74) is -1.19. The van der Waals surface area contributed by atoms with Crippen molar-refractivity contribution in [2.45, 2.75) is 52.1 Å². The van der Waals surface area contributed by atoms with Crippen LogP contribution in [-0.4, -0.2) is 74.2 Å². The third kappa shape index (κ3) is 8.22. The molecule has 1 aliphatic rings. The number of aliphatic imine (C=N–C) groups is 1. The summed E-state index contributed by atoms with van der Waals surface area (Å²) in [5.74, 6) is 0.703. The molecule has 9 heteroatoms. The predicted octanol–water partition coefficient (Wildman–Crippen LogP) is 3.18. The van der Waals surface area contributed by atoms with E-state index in [-0.39, 0.29) is 17.9 Å². The fraction of sp³-hybridized carbons (Fsp3) is 0.682. The van der Waals surface area contributed by atoms with Crippen LogP contribution in [0.3, 0.4) is 0 Å². The first-order valence-corrected chi connectivity index (χ1v) is 10.7. The number of ether oxygens (including phenoxy) is 1. The minimum absolute atomic E-state index is 0.0830. The Morgan fingerprint density at radius 3 is 2.48 bits per heavy atom. The SMILES string of the molecule is CCNC(=NCc1ccc(OC(C)(C)C)cc1C(F)(F)F)NCC1CN(C)CCN1C. The largest absolute Gasteiger partial charge is 0.488 e. The molecule has 0 spiro atoms. The second-order valence-corrected chi connectivity index (χ2v) is 9.00. The molecule has 1 aromatic rings. The van der Waals surface area contributed by atoms with Gasteiger partial charge in [0.25, 0.3) is 0 Å². The van der Waals surface area contributed by atoms with Crippen molar-refractivity contribution in [3.05, 3.63) is 29.3 Å². The number of nitrogens with one attached hydrogen (secondary N) is 2. The zero-order valence-corrected chi connectivity index (χ0v) is 19.4. The topological polar surface area (TPSA) is 52.1 Å². The van der Waals surface area contributed by atoms with Crippen molar-refractivity contribution >= 4 is 5.96 Å². The lowest BCUT2D eigenvalue weighted by Crippen LogP contribution is -2.55. The van der Waals surface area contributed by atoms with E-state index in [4.69, 9.17) is 4.74 Å². The van der Waals surface area contributed by atoms with Gasteiger partial charge in [0.2, 0.25) is 0 Å². The second-order valence-electron chi connectivity index (χ2n) is 9.00. The summed E-state index contributed by atoms with van der Waals surface area (Å²) in [6.45, 7) is 11.5. The monoisotopic (exact) mass is 443 g/mol. The van der Waals surface area contributed by atoms with Gasteiger partial charge in [-0.25, -0.2) is 4.99 Å². The fourth-order valence-corrected chi connectivity index (χ4v) is 3.42. The molecule has 1 unspecified atom stereocenters. The van der Waals surface area contributed by atoms with Crippen molar-refractivity contribution in [3.8, 4) is 5.75 Å². The lowest BCUT2D eigenvalue weighted by molar-refractivity contribution is -0.138. The minimum atomic E-state index is -4.48. The first-order valence-electron chi connectivity index (χ1n) is 10.7. The number of alkyl halides is 3. The van der Waals surface area contributed by atoms with E-state index in [1.54, 1.807) is 26.8 Å². The van der Waals surface area contributed by atoms with Crippen LogP contribution >= 0.6 is 0 Å². The van der Waals surface area contributed by atoms with Gasteiger partial charge in [-0.05, 0) is 59.5 Å². The van der Waals surface area contributed by atoms with Crippen LogP contribution < -0.4 is 15.4 Å². The van der Waals surface area contributed by atoms with Crippen molar-refractivity contribution < 1.29 is 17.9 Å². The number of likely N-dealkylation sites (N-methyl/N-ethyl adjacent to an activating group) is 2. The number of nitrogens with zero attached hydrogens (tertiary/aromatic N) is 3. The molecule has 0 saturated carbocycles. The number of piperazine rings is 1. The Morgan fingerprint density at radius 2 is 1.87 bits per heavy atom. The highest BCUT2D eigenvalue weighted by Crippen LogP contribution is 2.35. The molecule has 1 heterocycles. The van der Waals surface area contributed by atoms with Crippen LogP contribution in [0.5, 0.6) is 5.75 Å². The average Bonchev–Trinajstić information content (AvgIpc) is 2.65. The summed E-state index contributed by atoms with van der Waals surface area (Å²) in [6.07, 6.45) is -4.48. The highest BCUT2D eigenvalue weighted by Gasteiger charge is 2.34. The van der Waals surface area contributed by atoms with Gasteiger partial charge >= 0.3 is 6.18 Å². The molecule has 2 N–H and O–H groups in total. The van der Waals surface area contributed by atoms with Gasteiger partial charge in [0, 0.05) is 38.8 Å². The molecule has 0 aromatic heterocycles. The number of guanidine groups is 1. The standard InChI is InChI=1S/C22H36F3N5O/c1-7-26-20(28-14-17-15-29(5)10-11-30(17)6)27-13-16-8-9-18(31-21(2,3)4)12-19(16)22(23,24)25/h8-9,12,17H,7,10-11,13-15H2,1-6H3,(H2,26,27,28). The third-order valence-corrected chi connectivity index (χ3v) is 5.05. The van der Waals surface area contributed by atoms with Gasteiger partial charge in [-0.15, -0.1) is 0 Å². The lowest BCUT2D eigenvalue weighted by atomic mass is 10.1. The highest BCUT2D eigenvalue weighted by molar-refractivity contribution is 5.79. The molecule has 6 nitrogen and oxygen atoms in total. The van der Waals surface area contributed by atoms with E-state index >= 15 is 0 Å². The first kappa shape index (κ1) is 25.3. The fourth-order valence-electron chi connectivity index (χ4n) is 3.42. The number of rotatable bonds is 6. The quantitative estimate of drug-likeness (QED) is 0.523. The van der Waals surface area contributed by atoms with E-state index in [0.29, 0.717) is 25.1 Å². The van der Waals surface area contributed by atoms with Gasteiger partial charge in [-0.2, -0.15) is 13.2 Å². The van der Waals surface area contributed by atoms with E-state index in [2.05, 4.69) is 39.5 Å². The number of hydrogen-bond acceptors (Lipinski definition) is 4. The molecule has 1 aromatic carbocycles. The van der Waals surface area contributed by atoms with E-state index in [0.717, 1.165) is 25.7 Å². The van der Waals surface area contributed by atoms with Crippen LogP contribution in [0.2, 0.25) is 0 Å². The zero-order chi connectivity index (χ0) is 23.2. The van der Waals surface area contributed by atoms with Crippen LogP contribution in [0, 0.1) is 0 Å². The maximum absolute atomic E-state index is 13.7. The van der Waals surface area contributed by atoms with E-state index in [1.165, 1.54) is 6.07 Å². The Kier molecular flexibility index (Phi) is 8.59. The van der Waals surface area contributed by atoms with Gasteiger partial charge in [0.1, 0.15) is 11.4 Å². The molecule has 0 aliphatic carbocycles. The van der Waals surface area contributed by atoms with Crippen LogP contribution in [0.1, 0.15) is 38.8 Å². The molecule has 0 radical (unpaired) electrons. The molecule has 0 bridgehead atoms. The zero-order valence-electron chi connectivity index (χ0n) is 19.4. The molecule has 1 fully saturated rings. The molecule has 31 heavy (non-hydrogen) atoms. The van der Waals surface area contributed by atoms with Gasteiger partial charge in [-0.3, -0.25) is 4.90 Å². The molecule has 2 rings (SSSR count). The first-order chi connectivity index (χ1) is 14.4. The number of halogens is 3. The maximum Gasteiger partial charge on any atom is 0.416 e. The van der Waals surface area contributed by atoms with E-state index in [1.807, 2.05) is 6.92 Å². The number of hydrogen-bond donors (Lipinski definition) is 2. The summed E-state index contributed by atoms with van der Waals surface area (Å²) in [6, 6.07) is 4.38. The van der Waals surface area contributed by atoms with Crippen molar-refractivity contribution in [2.24, 2.45) is 4.99 Å². The average molecular weight is 444 g/mol. The molecule has 1 aliphatic heterocycles. The van der Waals surface area contributed by atoms with Crippen LogP contribution in [0.4, 0.5) is 13.2 Å². The van der Waals surface area contributed by atoms with Crippen molar-refractivity contribution in [1.82, 2.24) is 20.4 Å². The molecule has 176 valence electrons. The van der Waals surface area contributed by atoms with E-state index < -0.39 is 17.3 Å². The molecular weight excluding hydrogens is 407 g/mol. The van der Waals surface area contributed by atoms with Gasteiger partial charge < -0.3 is 20.3 Å². The van der Waals surface area contributed by atoms with Crippen LogP contribution in [0.15, 0.2) is 23.2 Å². The molecule has 0 amide bonds. The highest BCUT2D eigenvalue weighted by atomic mass is 19.4. The smallest absolute Gasteiger partial charge is 0.416 e. The Labute approximate surface area is 183 Å². The summed E-state index contributed by atoms with van der Waals surface area (Å²) >= 11 is 0. The Balaban J connectivity index is 2.15. The Hall–Kier alpha value is -2.00. The Morgan fingerprint density at radius 1 is 1.16 bits per heavy atom. The van der Waals surface area contributed by atoms with Crippen LogP contribution in [0.25, 0.3) is 0 Å². The summed E-state index contributed by atoms with van der Waals surface area (Å²) < 4.78 is 46.6. The molecule has 1 atom stereocenters. The lowest BCUT2D eigenvalue weighted by Gasteiger charge is -2.37. The van der Waals surface area contributed by atoms with Crippen molar-refractivity contribution in [1.29, 1.82) is 0 Å². The van der Waals surface area contributed by atoms with E-state index in [9.17, 15) is 13.2 Å². The second kappa shape index (κ2) is 10.5.